The summed E-state index contributed by atoms with van der Waals surface area (Å²) < 4.78 is 43.2. The van der Waals surface area contributed by atoms with Crippen LogP contribution in [0, 0.1) is 6.92 Å². The molecule has 1 fully saturated rings. The predicted octanol–water partition coefficient (Wildman–Crippen LogP) is 4.09. The second kappa shape index (κ2) is 9.96. The van der Waals surface area contributed by atoms with E-state index in [1.54, 1.807) is 36.4 Å². The number of aryl methyl sites for hydroxylation is 1. The van der Waals surface area contributed by atoms with Crippen LogP contribution in [0.5, 0.6) is 5.75 Å². The molecular formula is C23H23ClN2O6S. The van der Waals surface area contributed by atoms with E-state index in [-0.39, 0.29) is 17.3 Å². The number of nitrogens with one attached hydrogen (secondary N) is 1. The van der Waals surface area contributed by atoms with Gasteiger partial charge in [-0.1, -0.05) is 11.6 Å². The summed E-state index contributed by atoms with van der Waals surface area (Å²) in [5, 5.41) is 3.36. The number of carbonyl (C=O) groups is 1. The highest BCUT2D eigenvalue weighted by Crippen LogP contribution is 2.23. The number of hydrogen-bond acceptors (Lipinski definition) is 6. The SMILES string of the molecule is Cc1cc(OCc2ccc(C(=O)Nc3ccc(S(=O)(=O)N4CCOCC4)cc3)o2)ccc1Cl. The Bertz CT molecular complexity index is 1230. The van der Waals surface area contributed by atoms with Crippen LogP contribution in [-0.4, -0.2) is 44.9 Å². The number of furan rings is 1. The molecule has 0 radical (unpaired) electrons. The minimum atomic E-state index is -3.59. The van der Waals surface area contributed by atoms with Crippen molar-refractivity contribution in [2.45, 2.75) is 18.4 Å². The summed E-state index contributed by atoms with van der Waals surface area (Å²) in [6.45, 7) is 3.44. The maximum atomic E-state index is 12.7. The Morgan fingerprint density at radius 2 is 1.82 bits per heavy atom. The topological polar surface area (TPSA) is 98.1 Å². The smallest absolute Gasteiger partial charge is 0.291 e. The van der Waals surface area contributed by atoms with E-state index >= 15 is 0 Å². The van der Waals surface area contributed by atoms with Crippen molar-refractivity contribution in [3.05, 3.63) is 76.7 Å². The first-order chi connectivity index (χ1) is 15.8. The molecule has 1 saturated heterocycles. The van der Waals surface area contributed by atoms with Crippen molar-refractivity contribution in [1.82, 2.24) is 4.31 Å². The minimum Gasteiger partial charge on any atom is -0.486 e. The van der Waals surface area contributed by atoms with Crippen LogP contribution in [0.2, 0.25) is 5.02 Å². The normalized spacial score (nSPS) is 14.7. The van der Waals surface area contributed by atoms with Gasteiger partial charge in [-0.2, -0.15) is 4.31 Å². The highest BCUT2D eigenvalue weighted by molar-refractivity contribution is 7.89. The minimum absolute atomic E-state index is 0.117. The van der Waals surface area contributed by atoms with E-state index < -0.39 is 15.9 Å². The number of benzene rings is 2. The zero-order valence-electron chi connectivity index (χ0n) is 17.9. The van der Waals surface area contributed by atoms with Gasteiger partial charge in [-0.25, -0.2) is 8.42 Å². The molecule has 0 spiro atoms. The van der Waals surface area contributed by atoms with Gasteiger partial charge in [-0.15, -0.1) is 0 Å². The highest BCUT2D eigenvalue weighted by Gasteiger charge is 2.26. The molecule has 1 aliphatic heterocycles. The molecule has 0 bridgehead atoms. The van der Waals surface area contributed by atoms with Gasteiger partial charge in [0, 0.05) is 23.8 Å². The lowest BCUT2D eigenvalue weighted by atomic mass is 10.2. The van der Waals surface area contributed by atoms with Crippen LogP contribution in [0.4, 0.5) is 5.69 Å². The van der Waals surface area contributed by atoms with Crippen LogP contribution in [-0.2, 0) is 21.4 Å². The molecule has 1 aromatic heterocycles. The van der Waals surface area contributed by atoms with Gasteiger partial charge in [0.1, 0.15) is 18.1 Å². The van der Waals surface area contributed by atoms with Gasteiger partial charge < -0.3 is 19.2 Å². The molecule has 174 valence electrons. The zero-order valence-corrected chi connectivity index (χ0v) is 19.5. The average Bonchev–Trinajstić information content (AvgIpc) is 3.30. The van der Waals surface area contributed by atoms with Crippen molar-refractivity contribution in [2.75, 3.05) is 31.6 Å². The Hall–Kier alpha value is -2.85. The Morgan fingerprint density at radius 3 is 2.52 bits per heavy atom. The number of carbonyl (C=O) groups excluding carboxylic acids is 1. The molecule has 1 N–H and O–H groups in total. The Balaban J connectivity index is 1.35. The van der Waals surface area contributed by atoms with E-state index in [4.69, 9.17) is 25.5 Å². The molecule has 0 saturated carbocycles. The quantitative estimate of drug-likeness (QED) is 0.535. The second-order valence-electron chi connectivity index (χ2n) is 7.46. The van der Waals surface area contributed by atoms with Crippen LogP contribution >= 0.6 is 11.6 Å². The fourth-order valence-electron chi connectivity index (χ4n) is 3.28. The first-order valence-corrected chi connectivity index (χ1v) is 12.1. The van der Waals surface area contributed by atoms with Crippen molar-refractivity contribution < 1.29 is 27.1 Å². The lowest BCUT2D eigenvalue weighted by Gasteiger charge is -2.26. The molecular weight excluding hydrogens is 468 g/mol. The van der Waals surface area contributed by atoms with Gasteiger partial charge in [0.05, 0.1) is 18.1 Å². The molecule has 0 aliphatic carbocycles. The van der Waals surface area contributed by atoms with Crippen LogP contribution < -0.4 is 10.1 Å². The van der Waals surface area contributed by atoms with Crippen molar-refractivity contribution in [1.29, 1.82) is 0 Å². The summed E-state index contributed by atoms with van der Waals surface area (Å²) in [5.41, 5.74) is 1.35. The lowest BCUT2D eigenvalue weighted by molar-refractivity contribution is 0.0730. The van der Waals surface area contributed by atoms with Crippen molar-refractivity contribution in [2.24, 2.45) is 0 Å². The standard InChI is InChI=1S/C23H23ClN2O6S/c1-16-14-18(4-8-21(16)24)31-15-19-5-9-22(32-19)23(27)25-17-2-6-20(7-3-17)33(28,29)26-10-12-30-13-11-26/h2-9,14H,10-13,15H2,1H3,(H,25,27). The van der Waals surface area contributed by atoms with E-state index in [1.807, 2.05) is 13.0 Å². The van der Waals surface area contributed by atoms with E-state index in [0.29, 0.717) is 48.5 Å². The number of anilines is 1. The first kappa shape index (κ1) is 23.3. The largest absolute Gasteiger partial charge is 0.486 e. The molecule has 1 amide bonds. The molecule has 8 nitrogen and oxygen atoms in total. The highest BCUT2D eigenvalue weighted by atomic mass is 35.5. The molecule has 33 heavy (non-hydrogen) atoms. The van der Waals surface area contributed by atoms with Crippen molar-refractivity contribution >= 4 is 33.2 Å². The average molecular weight is 491 g/mol. The summed E-state index contributed by atoms with van der Waals surface area (Å²) in [6.07, 6.45) is 0. The Morgan fingerprint density at radius 1 is 1.09 bits per heavy atom. The van der Waals surface area contributed by atoms with Gasteiger partial charge in [0.15, 0.2) is 5.76 Å². The van der Waals surface area contributed by atoms with Gasteiger partial charge in [-0.05, 0) is 67.1 Å². The van der Waals surface area contributed by atoms with E-state index in [2.05, 4.69) is 5.32 Å². The number of sulfonamides is 1. The van der Waals surface area contributed by atoms with Gasteiger partial charge in [-0.3, -0.25) is 4.79 Å². The zero-order chi connectivity index (χ0) is 23.4. The summed E-state index contributed by atoms with van der Waals surface area (Å²) >= 11 is 6.01. The predicted molar refractivity (Wildman–Crippen MR) is 123 cm³/mol. The Kier molecular flexibility index (Phi) is 7.04. The monoisotopic (exact) mass is 490 g/mol. The fraction of sp³-hybridized carbons (Fsp3) is 0.261. The number of halogens is 1. The molecule has 2 heterocycles. The number of rotatable bonds is 7. The van der Waals surface area contributed by atoms with E-state index in [1.165, 1.54) is 16.4 Å². The molecule has 1 aliphatic rings. The first-order valence-electron chi connectivity index (χ1n) is 10.3. The summed E-state index contributed by atoms with van der Waals surface area (Å²) in [4.78, 5) is 12.7. The molecule has 0 unspecified atom stereocenters. The fourth-order valence-corrected chi connectivity index (χ4v) is 4.80. The molecule has 4 rings (SSSR count). The third-order valence-corrected chi connectivity index (χ3v) is 7.45. The van der Waals surface area contributed by atoms with Crippen LogP contribution in [0.1, 0.15) is 21.9 Å². The summed E-state index contributed by atoms with van der Waals surface area (Å²) in [6, 6.07) is 14.6. The number of morpholine rings is 1. The van der Waals surface area contributed by atoms with Crippen LogP contribution in [0.25, 0.3) is 0 Å². The van der Waals surface area contributed by atoms with Crippen molar-refractivity contribution in [3.63, 3.8) is 0 Å². The van der Waals surface area contributed by atoms with E-state index in [9.17, 15) is 13.2 Å². The van der Waals surface area contributed by atoms with E-state index in [0.717, 1.165) is 5.56 Å². The maximum absolute atomic E-state index is 12.7. The lowest BCUT2D eigenvalue weighted by Crippen LogP contribution is -2.40. The maximum Gasteiger partial charge on any atom is 0.291 e. The molecule has 3 aromatic rings. The molecule has 10 heteroatoms. The second-order valence-corrected chi connectivity index (χ2v) is 9.81. The molecule has 2 aromatic carbocycles. The van der Waals surface area contributed by atoms with Gasteiger partial charge >= 0.3 is 0 Å². The number of amides is 1. The molecule has 0 atom stereocenters. The number of hydrogen-bond donors (Lipinski definition) is 1. The number of ether oxygens (including phenoxy) is 2. The van der Waals surface area contributed by atoms with Gasteiger partial charge in [0.25, 0.3) is 5.91 Å². The number of nitrogens with zero attached hydrogens (tertiary/aromatic N) is 1. The van der Waals surface area contributed by atoms with Crippen molar-refractivity contribution in [3.8, 4) is 5.75 Å². The Labute approximate surface area is 197 Å². The summed E-state index contributed by atoms with van der Waals surface area (Å²) in [7, 11) is -3.59. The third kappa shape index (κ3) is 5.56. The van der Waals surface area contributed by atoms with Gasteiger partial charge in [0.2, 0.25) is 10.0 Å². The summed E-state index contributed by atoms with van der Waals surface area (Å²) in [5.74, 6) is 0.796. The van der Waals surface area contributed by atoms with Crippen LogP contribution in [0.3, 0.4) is 0 Å². The third-order valence-electron chi connectivity index (χ3n) is 5.12. The van der Waals surface area contributed by atoms with Crippen LogP contribution in [0.15, 0.2) is 63.9 Å².